The zero-order valence-electron chi connectivity index (χ0n) is 6.80. The molecule has 0 unspecified atom stereocenters. The first kappa shape index (κ1) is 12.8. The van der Waals surface area contributed by atoms with Crippen LogP contribution in [0.2, 0.25) is 0 Å². The van der Waals surface area contributed by atoms with Crippen molar-refractivity contribution in [2.75, 3.05) is 0 Å². The molecule has 0 aliphatic rings. The number of rotatable bonds is 2. The SMILES string of the molecule is O=C(c1cc(S(=O)(=O)F)c[nH]1)C(Cl)(Cl)Cl. The van der Waals surface area contributed by atoms with E-state index < -0.39 is 24.7 Å². The largest absolute Gasteiger partial charge is 0.357 e. The minimum Gasteiger partial charge on any atom is -0.357 e. The molecule has 9 heteroatoms. The molecule has 1 heterocycles. The average molecular weight is 295 g/mol. The van der Waals surface area contributed by atoms with Gasteiger partial charge < -0.3 is 4.98 Å². The highest BCUT2D eigenvalue weighted by Gasteiger charge is 2.33. The van der Waals surface area contributed by atoms with Crippen LogP contribution in [0.25, 0.3) is 0 Å². The van der Waals surface area contributed by atoms with Crippen molar-refractivity contribution in [2.45, 2.75) is 8.69 Å². The number of hydrogen-bond acceptors (Lipinski definition) is 3. The molecule has 1 N–H and O–H groups in total. The third-order valence-electron chi connectivity index (χ3n) is 1.44. The Bertz CT molecular complexity index is 490. The second-order valence-electron chi connectivity index (χ2n) is 2.51. The van der Waals surface area contributed by atoms with E-state index in [1.807, 2.05) is 0 Å². The first-order valence-corrected chi connectivity index (χ1v) is 5.88. The summed E-state index contributed by atoms with van der Waals surface area (Å²) in [5.74, 6) is -0.970. The number of ketones is 1. The molecule has 0 spiro atoms. The lowest BCUT2D eigenvalue weighted by atomic mass is 10.3. The van der Waals surface area contributed by atoms with Crippen LogP contribution in [-0.2, 0) is 10.2 Å². The number of hydrogen-bond donors (Lipinski definition) is 1. The lowest BCUT2D eigenvalue weighted by molar-refractivity contribution is 0.0992. The molecule has 1 aromatic rings. The Balaban J connectivity index is 3.12. The van der Waals surface area contributed by atoms with Gasteiger partial charge in [-0.05, 0) is 6.07 Å². The van der Waals surface area contributed by atoms with Gasteiger partial charge in [0.1, 0.15) is 4.90 Å². The minimum absolute atomic E-state index is 0.300. The maximum atomic E-state index is 12.4. The van der Waals surface area contributed by atoms with Crippen molar-refractivity contribution in [3.63, 3.8) is 0 Å². The molecular formula is C6H3Cl3FNO3S. The first-order chi connectivity index (χ1) is 6.62. The molecule has 4 nitrogen and oxygen atoms in total. The first-order valence-electron chi connectivity index (χ1n) is 3.37. The highest BCUT2D eigenvalue weighted by atomic mass is 35.6. The zero-order valence-corrected chi connectivity index (χ0v) is 9.88. The summed E-state index contributed by atoms with van der Waals surface area (Å²) in [5.41, 5.74) is -0.300. The van der Waals surface area contributed by atoms with Crippen molar-refractivity contribution < 1.29 is 17.1 Å². The maximum Gasteiger partial charge on any atom is 0.333 e. The summed E-state index contributed by atoms with van der Waals surface area (Å²) in [7, 11) is -4.87. The van der Waals surface area contributed by atoms with E-state index in [9.17, 15) is 17.1 Å². The number of halogens is 4. The predicted octanol–water partition coefficient (Wildman–Crippen LogP) is 2.23. The standard InChI is InChI=1S/C6H3Cl3FNO3S/c7-6(8,9)5(12)4-1-3(2-11-4)15(10,13)14/h1-2,11H. The quantitative estimate of drug-likeness (QED) is 0.517. The molecule has 0 saturated carbocycles. The third kappa shape index (κ3) is 3.07. The summed E-state index contributed by atoms with van der Waals surface area (Å²) in [4.78, 5) is 12.8. The predicted molar refractivity (Wildman–Crippen MR) is 53.7 cm³/mol. The maximum absolute atomic E-state index is 12.4. The van der Waals surface area contributed by atoms with Gasteiger partial charge in [0, 0.05) is 6.20 Å². The summed E-state index contributed by atoms with van der Waals surface area (Å²) in [6.07, 6.45) is 0.791. The molecular weight excluding hydrogens is 291 g/mol. The summed E-state index contributed by atoms with van der Waals surface area (Å²) < 4.78 is 31.1. The Morgan fingerprint density at radius 3 is 2.27 bits per heavy atom. The lowest BCUT2D eigenvalue weighted by Gasteiger charge is -2.06. The van der Waals surface area contributed by atoms with Gasteiger partial charge in [0.2, 0.25) is 5.78 Å². The van der Waals surface area contributed by atoms with Gasteiger partial charge in [-0.2, -0.15) is 8.42 Å². The molecule has 0 atom stereocenters. The molecule has 15 heavy (non-hydrogen) atoms. The monoisotopic (exact) mass is 293 g/mol. The van der Waals surface area contributed by atoms with E-state index in [1.54, 1.807) is 0 Å². The third-order valence-corrected chi connectivity index (χ3v) is 2.75. The van der Waals surface area contributed by atoms with Gasteiger partial charge in [-0.15, -0.1) is 3.89 Å². The topological polar surface area (TPSA) is 67.0 Å². The smallest absolute Gasteiger partial charge is 0.333 e. The van der Waals surface area contributed by atoms with Gasteiger partial charge >= 0.3 is 10.2 Å². The van der Waals surface area contributed by atoms with Crippen LogP contribution in [0.4, 0.5) is 3.89 Å². The summed E-state index contributed by atoms with van der Waals surface area (Å²) in [6.45, 7) is 0. The number of alkyl halides is 3. The second kappa shape index (κ2) is 3.93. The molecule has 0 bridgehead atoms. The number of nitrogens with one attached hydrogen (secondary N) is 1. The molecule has 1 aromatic heterocycles. The summed E-state index contributed by atoms with van der Waals surface area (Å²) in [5, 5.41) is 0. The van der Waals surface area contributed by atoms with Gasteiger partial charge in [0.15, 0.2) is 0 Å². The van der Waals surface area contributed by atoms with Crippen LogP contribution < -0.4 is 0 Å². The fourth-order valence-electron chi connectivity index (χ4n) is 0.799. The highest BCUT2D eigenvalue weighted by molar-refractivity contribution is 7.86. The van der Waals surface area contributed by atoms with Crippen LogP contribution >= 0.6 is 34.8 Å². The average Bonchev–Trinajstić information content (AvgIpc) is 2.47. The van der Waals surface area contributed by atoms with Gasteiger partial charge in [-0.3, -0.25) is 4.79 Å². The molecule has 0 aromatic carbocycles. The number of Topliss-reactive ketones (excluding diaryl/α,β-unsaturated/α-hetero) is 1. The Morgan fingerprint density at radius 1 is 1.40 bits per heavy atom. The zero-order chi connectivity index (χ0) is 11.9. The number of carbonyl (C=O) groups is 1. The molecule has 0 radical (unpaired) electrons. The van der Waals surface area contributed by atoms with Crippen molar-refractivity contribution in [3.8, 4) is 0 Å². The number of aromatic nitrogens is 1. The molecule has 0 saturated heterocycles. The van der Waals surface area contributed by atoms with Crippen LogP contribution in [0.5, 0.6) is 0 Å². The van der Waals surface area contributed by atoms with E-state index in [2.05, 4.69) is 4.98 Å². The second-order valence-corrected chi connectivity index (χ2v) is 6.14. The minimum atomic E-state index is -4.87. The van der Waals surface area contributed by atoms with Gasteiger partial charge in [-0.1, -0.05) is 34.8 Å². The fourth-order valence-corrected chi connectivity index (χ4v) is 1.56. The van der Waals surface area contributed by atoms with Gasteiger partial charge in [-0.25, -0.2) is 0 Å². The van der Waals surface area contributed by atoms with Crippen molar-refractivity contribution in [1.29, 1.82) is 0 Å². The molecule has 84 valence electrons. The van der Waals surface area contributed by atoms with Crippen LogP contribution in [0.1, 0.15) is 10.5 Å². The van der Waals surface area contributed by atoms with E-state index in [0.29, 0.717) is 0 Å². The molecule has 1 rings (SSSR count). The normalized spacial score (nSPS) is 12.8. The Kier molecular flexibility index (Phi) is 3.35. The number of carbonyl (C=O) groups excluding carboxylic acids is 1. The van der Waals surface area contributed by atoms with E-state index in [4.69, 9.17) is 34.8 Å². The van der Waals surface area contributed by atoms with Crippen LogP contribution in [0.15, 0.2) is 17.2 Å². The molecule has 0 amide bonds. The lowest BCUT2D eigenvalue weighted by Crippen LogP contribution is -2.19. The molecule has 0 aliphatic heterocycles. The summed E-state index contributed by atoms with van der Waals surface area (Å²) in [6, 6.07) is 0.750. The van der Waals surface area contributed by atoms with Gasteiger partial charge in [0.05, 0.1) is 5.69 Å². The molecule has 0 fully saturated rings. The van der Waals surface area contributed by atoms with E-state index in [0.717, 1.165) is 12.3 Å². The molecule has 0 aliphatic carbocycles. The van der Waals surface area contributed by atoms with E-state index in [-0.39, 0.29) is 5.69 Å². The van der Waals surface area contributed by atoms with Crippen molar-refractivity contribution in [1.82, 2.24) is 4.98 Å². The van der Waals surface area contributed by atoms with Crippen LogP contribution in [0.3, 0.4) is 0 Å². The van der Waals surface area contributed by atoms with Crippen LogP contribution in [0, 0.1) is 0 Å². The number of aromatic amines is 1. The Morgan fingerprint density at radius 2 is 1.93 bits per heavy atom. The Hall–Kier alpha value is -0.300. The van der Waals surface area contributed by atoms with E-state index in [1.165, 1.54) is 0 Å². The van der Waals surface area contributed by atoms with E-state index >= 15 is 0 Å². The van der Waals surface area contributed by atoms with Crippen molar-refractivity contribution in [2.24, 2.45) is 0 Å². The highest BCUT2D eigenvalue weighted by Crippen LogP contribution is 2.30. The Labute approximate surface area is 99.5 Å². The summed E-state index contributed by atoms with van der Waals surface area (Å²) >= 11 is 15.8. The van der Waals surface area contributed by atoms with Gasteiger partial charge in [0.25, 0.3) is 3.79 Å². The van der Waals surface area contributed by atoms with Crippen molar-refractivity contribution in [3.05, 3.63) is 18.0 Å². The number of H-pyrrole nitrogens is 1. The fraction of sp³-hybridized carbons (Fsp3) is 0.167. The van der Waals surface area contributed by atoms with Crippen molar-refractivity contribution >= 4 is 50.8 Å². The van der Waals surface area contributed by atoms with Crippen LogP contribution in [-0.4, -0.2) is 23.0 Å².